The number of fused-ring (bicyclic) bond motifs is 9. The zero-order chi connectivity index (χ0) is 66.8. The van der Waals surface area contributed by atoms with Crippen molar-refractivity contribution < 1.29 is 0 Å². The van der Waals surface area contributed by atoms with Gasteiger partial charge in [-0.25, -0.2) is 0 Å². The summed E-state index contributed by atoms with van der Waals surface area (Å²) in [6, 6.07) is 118. The van der Waals surface area contributed by atoms with Crippen molar-refractivity contribution in [1.82, 2.24) is 4.57 Å². The molecule has 0 amide bonds. The highest BCUT2D eigenvalue weighted by Crippen LogP contribution is 2.56. The molecule has 0 saturated carbocycles. The summed E-state index contributed by atoms with van der Waals surface area (Å²) in [6.45, 7) is 20.9. The van der Waals surface area contributed by atoms with E-state index in [1.807, 2.05) is 0 Å². The summed E-state index contributed by atoms with van der Waals surface area (Å²) in [5, 5.41) is 4.96. The molecule has 0 unspecified atom stereocenters. The Balaban J connectivity index is 1.11. The van der Waals surface area contributed by atoms with E-state index in [0.29, 0.717) is 0 Å². The number of benzene rings is 14. The zero-order valence-electron chi connectivity index (χ0n) is 57.4. The lowest BCUT2D eigenvalue weighted by Crippen LogP contribution is -2.61. The lowest BCUT2D eigenvalue weighted by atomic mass is 9.33. The number of nitrogens with zero attached hydrogens (tertiary/aromatic N) is 3. The normalized spacial score (nSPS) is 12.9. The monoisotopic (exact) mass is 1260 g/mol. The van der Waals surface area contributed by atoms with E-state index < -0.39 is 0 Å². The van der Waals surface area contributed by atoms with Crippen LogP contribution in [-0.2, 0) is 16.2 Å². The molecule has 0 radical (unpaired) electrons. The molecule has 2 aliphatic rings. The van der Waals surface area contributed by atoms with Crippen LogP contribution in [0.5, 0.6) is 0 Å². The van der Waals surface area contributed by atoms with Crippen LogP contribution in [0.15, 0.2) is 309 Å². The van der Waals surface area contributed by atoms with Crippen LogP contribution in [0.2, 0.25) is 0 Å². The van der Waals surface area contributed by atoms with Gasteiger partial charge in [-0.15, -0.1) is 0 Å². The molecular weight excluding hydrogens is 1180 g/mol. The number of rotatable bonds is 9. The average molecular weight is 1260 g/mol. The molecule has 2 aliphatic heterocycles. The summed E-state index contributed by atoms with van der Waals surface area (Å²) in [5.74, 6) is 0. The van der Waals surface area contributed by atoms with Crippen LogP contribution in [0.3, 0.4) is 0 Å². The molecule has 14 aromatic carbocycles. The highest BCUT2D eigenvalue weighted by molar-refractivity contribution is 7.00. The fraction of sp³-hybridized carbons (Fsp3) is 0.128. The zero-order valence-corrected chi connectivity index (χ0v) is 57.4. The Labute approximate surface area is 577 Å². The summed E-state index contributed by atoms with van der Waals surface area (Å²) in [6.07, 6.45) is 0. The molecule has 0 bridgehead atoms. The van der Waals surface area contributed by atoms with E-state index in [1.54, 1.807) is 0 Å². The van der Waals surface area contributed by atoms with Crippen molar-refractivity contribution in [2.24, 2.45) is 0 Å². The maximum absolute atomic E-state index is 2.71. The van der Waals surface area contributed by atoms with Gasteiger partial charge in [-0.2, -0.15) is 0 Å². The molecule has 0 atom stereocenters. The predicted molar refractivity (Wildman–Crippen MR) is 421 cm³/mol. The highest BCUT2D eigenvalue weighted by Gasteiger charge is 2.46. The number of aromatic nitrogens is 1. The molecule has 0 saturated heterocycles. The quantitative estimate of drug-likeness (QED) is 0.133. The second kappa shape index (κ2) is 23.3. The minimum Gasteiger partial charge on any atom is -0.310 e. The topological polar surface area (TPSA) is 11.4 Å². The number of hydrogen-bond donors (Lipinski definition) is 0. The van der Waals surface area contributed by atoms with E-state index in [1.165, 1.54) is 99.1 Å². The first kappa shape index (κ1) is 60.5. The Hall–Kier alpha value is -11.2. The molecule has 472 valence electrons. The Kier molecular flexibility index (Phi) is 14.4. The van der Waals surface area contributed by atoms with Crippen LogP contribution in [0, 0.1) is 0 Å². The van der Waals surface area contributed by atoms with E-state index in [4.69, 9.17) is 0 Å². The fourth-order valence-corrected chi connectivity index (χ4v) is 15.7. The van der Waals surface area contributed by atoms with E-state index in [-0.39, 0.29) is 23.0 Å². The van der Waals surface area contributed by atoms with Gasteiger partial charge in [-0.1, -0.05) is 305 Å². The van der Waals surface area contributed by atoms with E-state index >= 15 is 0 Å². The Morgan fingerprint density at radius 2 is 0.633 bits per heavy atom. The Bertz CT molecular complexity index is 5220. The lowest BCUT2D eigenvalue weighted by molar-refractivity contribution is 0.590. The molecule has 3 heterocycles. The van der Waals surface area contributed by atoms with E-state index in [2.05, 4.69) is 386 Å². The van der Waals surface area contributed by atoms with Gasteiger partial charge in [0.2, 0.25) is 0 Å². The van der Waals surface area contributed by atoms with Crippen LogP contribution in [0.25, 0.3) is 105 Å². The van der Waals surface area contributed by atoms with Crippen molar-refractivity contribution in [1.29, 1.82) is 0 Å². The Morgan fingerprint density at radius 1 is 0.265 bits per heavy atom. The Morgan fingerprint density at radius 3 is 1.03 bits per heavy atom. The van der Waals surface area contributed by atoms with Gasteiger partial charge in [0, 0.05) is 55.8 Å². The van der Waals surface area contributed by atoms with Crippen molar-refractivity contribution in [3.8, 4) is 72.4 Å². The molecule has 0 N–H and O–H groups in total. The van der Waals surface area contributed by atoms with Crippen LogP contribution >= 0.6 is 0 Å². The van der Waals surface area contributed by atoms with Gasteiger partial charge in [0.25, 0.3) is 6.71 Å². The third-order valence-electron chi connectivity index (χ3n) is 20.8. The highest BCUT2D eigenvalue weighted by atomic mass is 15.2. The van der Waals surface area contributed by atoms with E-state index in [0.717, 1.165) is 73.1 Å². The predicted octanol–water partition coefficient (Wildman–Crippen LogP) is 23.9. The molecule has 0 fully saturated rings. The summed E-state index contributed by atoms with van der Waals surface area (Å²) in [7, 11) is 0. The molecule has 3 nitrogen and oxygen atoms in total. The minimum atomic E-state index is -0.251. The third kappa shape index (κ3) is 10.2. The van der Waals surface area contributed by atoms with Crippen molar-refractivity contribution >= 4 is 89.8 Å². The summed E-state index contributed by atoms with van der Waals surface area (Å²) in [5.41, 5.74) is 31.2. The van der Waals surface area contributed by atoms with Crippen LogP contribution in [0.1, 0.15) is 79.0 Å². The third-order valence-corrected chi connectivity index (χ3v) is 20.8. The van der Waals surface area contributed by atoms with E-state index in [9.17, 15) is 0 Å². The van der Waals surface area contributed by atoms with Gasteiger partial charge < -0.3 is 14.4 Å². The van der Waals surface area contributed by atoms with Gasteiger partial charge in [0.05, 0.1) is 28.1 Å². The first-order valence-corrected chi connectivity index (χ1v) is 34.8. The molecule has 17 rings (SSSR count). The smallest absolute Gasteiger partial charge is 0.252 e. The van der Waals surface area contributed by atoms with Crippen LogP contribution in [-0.4, -0.2) is 11.3 Å². The molecule has 4 heteroatoms. The van der Waals surface area contributed by atoms with Crippen LogP contribution in [0.4, 0.5) is 34.1 Å². The average Bonchev–Trinajstić information content (AvgIpc) is 0.873. The van der Waals surface area contributed by atoms with Crippen molar-refractivity contribution in [3.63, 3.8) is 0 Å². The second-order valence-corrected chi connectivity index (χ2v) is 30.1. The maximum Gasteiger partial charge on any atom is 0.252 e. The fourth-order valence-electron chi connectivity index (χ4n) is 15.7. The largest absolute Gasteiger partial charge is 0.310 e. The summed E-state index contributed by atoms with van der Waals surface area (Å²) < 4.78 is 2.60. The minimum absolute atomic E-state index is 0.0916. The first-order chi connectivity index (χ1) is 47.5. The summed E-state index contributed by atoms with van der Waals surface area (Å²) in [4.78, 5) is 5.42. The van der Waals surface area contributed by atoms with Gasteiger partial charge in [0.15, 0.2) is 0 Å². The number of anilines is 6. The standard InChI is InChI=1S/C94H78BN3/c1-92(2,3)70-47-51-82-79(54-70)88-74-43-29-28-42-67(74)44-50-85(88)96(82)73-59-86-89-87(60-73)98(91-77(65-38-24-14-25-39-65)57-72(94(7,8)9)58-78(91)66-40-26-15-27-41-66)84-49-46-69(62-32-18-11-19-33-62)53-81(84)95(89)80-52-68(61-30-16-10-17-31-61)45-48-83(80)97(86)90-75(63-34-20-12-21-35-63)55-71(93(4,5)6)56-76(90)64-36-22-13-23-37-64/h10-60H,1-9H3. The molecule has 98 heavy (non-hydrogen) atoms. The van der Waals surface area contributed by atoms with Crippen molar-refractivity contribution in [2.75, 3.05) is 9.80 Å². The summed E-state index contributed by atoms with van der Waals surface area (Å²) >= 11 is 0. The SMILES string of the molecule is CC(C)(C)c1cc(-c2ccccc2)c(N2c3ccc(-c4ccccc4)cc3B3c4cc(-c5ccccc5)ccc4N(c4c(-c5ccccc5)cc(C(C)(C)C)cc4-c4ccccc4)c4cc(-n5c6ccc(C(C)(C)C)cc6c6c7ccccc7ccc65)cc2c43)c(-c2ccccc2)c1. The molecular formula is C94H78BN3. The maximum atomic E-state index is 2.71. The van der Waals surface area contributed by atoms with Gasteiger partial charge in [0.1, 0.15) is 0 Å². The first-order valence-electron chi connectivity index (χ1n) is 34.8. The second-order valence-electron chi connectivity index (χ2n) is 30.1. The van der Waals surface area contributed by atoms with Gasteiger partial charge >= 0.3 is 0 Å². The number of hydrogen-bond acceptors (Lipinski definition) is 2. The lowest BCUT2D eigenvalue weighted by Gasteiger charge is -2.46. The van der Waals surface area contributed by atoms with Crippen molar-refractivity contribution in [3.05, 3.63) is 326 Å². The molecule has 0 aliphatic carbocycles. The molecule has 1 aromatic heterocycles. The van der Waals surface area contributed by atoms with Crippen LogP contribution < -0.4 is 26.2 Å². The molecule has 15 aromatic rings. The van der Waals surface area contributed by atoms with Gasteiger partial charge in [-0.3, -0.25) is 0 Å². The van der Waals surface area contributed by atoms with Crippen molar-refractivity contribution in [2.45, 2.75) is 78.6 Å². The molecule has 0 spiro atoms. The van der Waals surface area contributed by atoms with Gasteiger partial charge in [-0.05, 0) is 171 Å².